The third kappa shape index (κ3) is 5.82. The van der Waals surface area contributed by atoms with Gasteiger partial charge in [-0.05, 0) is 73.9 Å². The molecule has 1 amide bonds. The molecule has 3 aromatic carbocycles. The highest BCUT2D eigenvalue weighted by atomic mass is 32.2. The summed E-state index contributed by atoms with van der Waals surface area (Å²) in [4.78, 5) is 16.9. The van der Waals surface area contributed by atoms with Gasteiger partial charge in [0.15, 0.2) is 0 Å². The molecule has 1 aliphatic rings. The number of sulfonamides is 1. The summed E-state index contributed by atoms with van der Waals surface area (Å²) in [7, 11) is -3.70. The first-order valence-corrected chi connectivity index (χ1v) is 13.1. The van der Waals surface area contributed by atoms with Crippen molar-refractivity contribution in [3.63, 3.8) is 0 Å². The number of nitrogens with one attached hydrogen (secondary N) is 1. The number of hydrogen-bond acceptors (Lipinski definition) is 4. The summed E-state index contributed by atoms with van der Waals surface area (Å²) < 4.78 is 41.8. The minimum atomic E-state index is -3.70. The zero-order valence-electron chi connectivity index (χ0n) is 20.2. The van der Waals surface area contributed by atoms with Gasteiger partial charge >= 0.3 is 0 Å². The van der Waals surface area contributed by atoms with Crippen molar-refractivity contribution < 1.29 is 17.6 Å². The van der Waals surface area contributed by atoms with Crippen molar-refractivity contribution >= 4 is 27.3 Å². The lowest BCUT2D eigenvalue weighted by atomic mass is 10.1. The van der Waals surface area contributed by atoms with Gasteiger partial charge in [-0.25, -0.2) is 12.8 Å². The third-order valence-electron chi connectivity index (χ3n) is 6.26. The van der Waals surface area contributed by atoms with E-state index in [1.807, 2.05) is 49.9 Å². The molecule has 4 rings (SSSR count). The van der Waals surface area contributed by atoms with Crippen LogP contribution in [0.1, 0.15) is 22.3 Å². The van der Waals surface area contributed by atoms with E-state index in [1.54, 1.807) is 24.3 Å². The Morgan fingerprint density at radius 2 is 1.46 bits per heavy atom. The van der Waals surface area contributed by atoms with E-state index in [9.17, 15) is 17.6 Å². The number of aryl methyl sites for hydroxylation is 3. The highest BCUT2D eigenvalue weighted by molar-refractivity contribution is 7.92. The van der Waals surface area contributed by atoms with Crippen LogP contribution in [-0.2, 0) is 21.2 Å². The van der Waals surface area contributed by atoms with E-state index in [4.69, 9.17) is 0 Å². The van der Waals surface area contributed by atoms with Crippen molar-refractivity contribution in [1.82, 2.24) is 4.90 Å². The second-order valence-corrected chi connectivity index (χ2v) is 10.7. The second kappa shape index (κ2) is 10.1. The van der Waals surface area contributed by atoms with Crippen LogP contribution in [0, 0.1) is 26.6 Å². The van der Waals surface area contributed by atoms with Crippen molar-refractivity contribution in [3.8, 4) is 0 Å². The molecule has 0 atom stereocenters. The number of nitrogens with zero attached hydrogens (tertiary/aromatic N) is 2. The van der Waals surface area contributed by atoms with Gasteiger partial charge in [-0.1, -0.05) is 29.8 Å². The summed E-state index contributed by atoms with van der Waals surface area (Å²) in [6.45, 7) is 8.12. The summed E-state index contributed by atoms with van der Waals surface area (Å²) in [5.74, 6) is -0.281. The summed E-state index contributed by atoms with van der Waals surface area (Å²) >= 11 is 0. The maximum Gasteiger partial charge on any atom is 0.262 e. The molecule has 6 nitrogen and oxygen atoms in total. The molecular weight excluding hydrogens is 465 g/mol. The highest BCUT2D eigenvalue weighted by Crippen LogP contribution is 2.26. The number of carbonyl (C=O) groups excluding carboxylic acids is 1. The van der Waals surface area contributed by atoms with E-state index in [1.165, 1.54) is 12.1 Å². The van der Waals surface area contributed by atoms with Gasteiger partial charge in [-0.15, -0.1) is 0 Å². The molecule has 1 heterocycles. The molecule has 1 fully saturated rings. The fourth-order valence-corrected chi connectivity index (χ4v) is 6.15. The zero-order chi connectivity index (χ0) is 25.2. The molecule has 1 aliphatic heterocycles. The standard InChI is InChI=1S/C27H30FN3O3S/c1-19-16-20(2)27(21(3)17-19)35(33,34)29-24-8-10-25(11-9-24)30-12-14-31(15-13-30)26(32)18-22-4-6-23(28)7-5-22/h4-11,16-17,29H,12-15,18H2,1-3H3. The Bertz CT molecular complexity index is 1290. The molecule has 0 aromatic heterocycles. The lowest BCUT2D eigenvalue weighted by Crippen LogP contribution is -2.49. The summed E-state index contributed by atoms with van der Waals surface area (Å²) in [5, 5.41) is 0. The van der Waals surface area contributed by atoms with Gasteiger partial charge in [0.25, 0.3) is 10.0 Å². The number of benzene rings is 3. The Hall–Kier alpha value is -3.39. The lowest BCUT2D eigenvalue weighted by Gasteiger charge is -2.36. The molecule has 3 aromatic rings. The quantitative estimate of drug-likeness (QED) is 0.549. The van der Waals surface area contributed by atoms with Crippen LogP contribution in [0.15, 0.2) is 65.6 Å². The van der Waals surface area contributed by atoms with Crippen LogP contribution in [-0.4, -0.2) is 45.4 Å². The first-order chi connectivity index (χ1) is 16.6. The average Bonchev–Trinajstić information content (AvgIpc) is 2.80. The molecule has 0 radical (unpaired) electrons. The summed E-state index contributed by atoms with van der Waals surface area (Å²) in [6.07, 6.45) is 0.259. The van der Waals surface area contributed by atoms with Crippen LogP contribution in [0.4, 0.5) is 15.8 Å². The van der Waals surface area contributed by atoms with E-state index >= 15 is 0 Å². The van der Waals surface area contributed by atoms with Crippen molar-refractivity contribution in [3.05, 3.63) is 88.7 Å². The van der Waals surface area contributed by atoms with Crippen LogP contribution >= 0.6 is 0 Å². The number of anilines is 2. The van der Waals surface area contributed by atoms with Gasteiger partial charge in [-0.3, -0.25) is 9.52 Å². The van der Waals surface area contributed by atoms with Gasteiger partial charge in [0.2, 0.25) is 5.91 Å². The van der Waals surface area contributed by atoms with Crippen molar-refractivity contribution in [1.29, 1.82) is 0 Å². The van der Waals surface area contributed by atoms with E-state index in [0.717, 1.165) is 27.9 Å². The molecule has 1 saturated heterocycles. The first-order valence-electron chi connectivity index (χ1n) is 11.6. The van der Waals surface area contributed by atoms with Crippen LogP contribution in [0.3, 0.4) is 0 Å². The molecule has 1 N–H and O–H groups in total. The molecule has 0 aliphatic carbocycles. The number of rotatable bonds is 6. The fourth-order valence-electron chi connectivity index (χ4n) is 4.64. The highest BCUT2D eigenvalue weighted by Gasteiger charge is 2.23. The van der Waals surface area contributed by atoms with Crippen molar-refractivity contribution in [2.24, 2.45) is 0 Å². The van der Waals surface area contributed by atoms with Crippen LogP contribution in [0.2, 0.25) is 0 Å². The molecule has 0 bridgehead atoms. The molecule has 184 valence electrons. The first kappa shape index (κ1) is 24.7. The normalized spacial score (nSPS) is 14.2. The van der Waals surface area contributed by atoms with Crippen molar-refractivity contribution in [2.45, 2.75) is 32.1 Å². The number of carbonyl (C=O) groups is 1. The minimum absolute atomic E-state index is 0.0303. The van der Waals surface area contributed by atoms with Crippen LogP contribution in [0.5, 0.6) is 0 Å². The van der Waals surface area contributed by atoms with E-state index in [0.29, 0.717) is 36.8 Å². The molecule has 35 heavy (non-hydrogen) atoms. The SMILES string of the molecule is Cc1cc(C)c(S(=O)(=O)Nc2ccc(N3CCN(C(=O)Cc4ccc(F)cc4)CC3)cc2)c(C)c1. The third-order valence-corrected chi connectivity index (χ3v) is 7.94. The maximum atomic E-state index is 13.1. The molecule has 0 saturated carbocycles. The summed E-state index contributed by atoms with van der Waals surface area (Å²) in [5.41, 5.74) is 4.74. The summed E-state index contributed by atoms with van der Waals surface area (Å²) in [6, 6.07) is 17.1. The van der Waals surface area contributed by atoms with Gasteiger partial charge < -0.3 is 9.80 Å². The Labute approximate surface area is 206 Å². The van der Waals surface area contributed by atoms with E-state index in [2.05, 4.69) is 9.62 Å². The molecular formula is C27H30FN3O3S. The number of hydrogen-bond donors (Lipinski definition) is 1. The Kier molecular flexibility index (Phi) is 7.12. The second-order valence-electron chi connectivity index (χ2n) is 9.05. The molecule has 8 heteroatoms. The fraction of sp³-hybridized carbons (Fsp3) is 0.296. The molecule has 0 spiro atoms. The minimum Gasteiger partial charge on any atom is -0.368 e. The monoisotopic (exact) mass is 495 g/mol. The Balaban J connectivity index is 1.36. The maximum absolute atomic E-state index is 13.1. The van der Waals surface area contributed by atoms with Gasteiger partial charge in [0.05, 0.1) is 11.3 Å². The van der Waals surface area contributed by atoms with Crippen LogP contribution in [0.25, 0.3) is 0 Å². The number of amides is 1. The van der Waals surface area contributed by atoms with Crippen LogP contribution < -0.4 is 9.62 Å². The smallest absolute Gasteiger partial charge is 0.262 e. The predicted octanol–water partition coefficient (Wildman–Crippen LogP) is 4.44. The largest absolute Gasteiger partial charge is 0.368 e. The van der Waals surface area contributed by atoms with Crippen molar-refractivity contribution in [2.75, 3.05) is 35.8 Å². The predicted molar refractivity (Wildman–Crippen MR) is 137 cm³/mol. The molecule has 0 unspecified atom stereocenters. The van der Waals surface area contributed by atoms with Gasteiger partial charge in [-0.2, -0.15) is 0 Å². The zero-order valence-corrected chi connectivity index (χ0v) is 21.0. The lowest BCUT2D eigenvalue weighted by molar-refractivity contribution is -0.130. The Morgan fingerprint density at radius 3 is 2.03 bits per heavy atom. The number of piperazine rings is 1. The van der Waals surface area contributed by atoms with Gasteiger partial charge in [0, 0.05) is 37.6 Å². The van der Waals surface area contributed by atoms with Gasteiger partial charge in [0.1, 0.15) is 5.82 Å². The number of halogens is 1. The average molecular weight is 496 g/mol. The van der Waals surface area contributed by atoms with E-state index in [-0.39, 0.29) is 18.1 Å². The van der Waals surface area contributed by atoms with E-state index < -0.39 is 10.0 Å². The topological polar surface area (TPSA) is 69.7 Å². The Morgan fingerprint density at radius 1 is 0.886 bits per heavy atom.